The van der Waals surface area contributed by atoms with E-state index in [0.717, 1.165) is 27.2 Å². The average molecular weight is 591 g/mol. The molecule has 2 aliphatic rings. The maximum atomic E-state index is 14.4. The Balaban J connectivity index is 1.57. The normalized spacial score (nSPS) is 19.0. The highest BCUT2D eigenvalue weighted by Gasteiger charge is 2.49. The summed E-state index contributed by atoms with van der Waals surface area (Å²) in [6.07, 6.45) is -7.28. The van der Waals surface area contributed by atoms with E-state index in [1.807, 2.05) is 48.5 Å². The molecule has 0 saturated carbocycles. The van der Waals surface area contributed by atoms with Crippen molar-refractivity contribution >= 4 is 18.2 Å². The second-order valence-electron chi connectivity index (χ2n) is 11.8. The maximum Gasteiger partial charge on any atom is 0.410 e. The quantitative estimate of drug-likeness (QED) is 0.387. The Morgan fingerprint density at radius 1 is 0.952 bits per heavy atom. The van der Waals surface area contributed by atoms with Crippen LogP contribution in [0.25, 0.3) is 11.1 Å². The van der Waals surface area contributed by atoms with Crippen molar-refractivity contribution in [1.82, 2.24) is 9.80 Å². The predicted octanol–water partition coefficient (Wildman–Crippen LogP) is 6.68. The first-order valence-electron chi connectivity index (χ1n) is 14.1. The van der Waals surface area contributed by atoms with Crippen LogP contribution in [-0.2, 0) is 14.3 Å². The van der Waals surface area contributed by atoms with Crippen LogP contribution >= 0.6 is 0 Å². The summed E-state index contributed by atoms with van der Waals surface area (Å²) in [5, 5.41) is 9.15. The van der Waals surface area contributed by atoms with E-state index in [9.17, 15) is 27.6 Å². The van der Waals surface area contributed by atoms with Gasteiger partial charge in [0.15, 0.2) is 0 Å². The number of rotatable bonds is 7. The molecule has 1 heterocycles. The zero-order valence-corrected chi connectivity index (χ0v) is 24.0. The predicted molar refractivity (Wildman–Crippen MR) is 149 cm³/mol. The lowest BCUT2D eigenvalue weighted by molar-refractivity contribution is -0.191. The molecule has 2 unspecified atom stereocenters. The molecule has 2 amide bonds. The fraction of sp³-hybridized carbons (Fsp3) is 0.516. The lowest BCUT2D eigenvalue weighted by atomic mass is 9.92. The number of ether oxygens (including phenoxy) is 2. The Morgan fingerprint density at radius 2 is 1.52 bits per heavy atom. The van der Waals surface area contributed by atoms with E-state index in [2.05, 4.69) is 0 Å². The lowest BCUT2D eigenvalue weighted by Crippen LogP contribution is -2.50. The van der Waals surface area contributed by atoms with Crippen molar-refractivity contribution in [1.29, 1.82) is 0 Å². The first-order chi connectivity index (χ1) is 19.8. The molecule has 228 valence electrons. The Hall–Kier alpha value is -3.76. The number of carbonyl (C=O) groups excluding carboxylic acids is 2. The molecule has 0 bridgehead atoms. The van der Waals surface area contributed by atoms with Crippen molar-refractivity contribution in [3.63, 3.8) is 0 Å². The number of benzene rings is 2. The Morgan fingerprint density at radius 3 is 2.07 bits per heavy atom. The van der Waals surface area contributed by atoms with E-state index in [0.29, 0.717) is 0 Å². The monoisotopic (exact) mass is 590 g/mol. The van der Waals surface area contributed by atoms with Crippen LogP contribution in [0.5, 0.6) is 0 Å². The summed E-state index contributed by atoms with van der Waals surface area (Å²) < 4.78 is 54.3. The number of amides is 2. The molecule has 4 rings (SSSR count). The largest absolute Gasteiger partial charge is 0.481 e. The summed E-state index contributed by atoms with van der Waals surface area (Å²) in [6.45, 7) is 4.45. The van der Waals surface area contributed by atoms with Crippen LogP contribution in [0.4, 0.5) is 22.8 Å². The number of carboxylic acid groups (broad SMARTS) is 1. The fourth-order valence-corrected chi connectivity index (χ4v) is 5.82. The smallest absolute Gasteiger partial charge is 0.410 e. The summed E-state index contributed by atoms with van der Waals surface area (Å²) >= 11 is 0. The minimum atomic E-state index is -4.66. The van der Waals surface area contributed by atoms with E-state index in [1.54, 1.807) is 20.8 Å². The van der Waals surface area contributed by atoms with E-state index < -0.39 is 48.3 Å². The second-order valence-corrected chi connectivity index (χ2v) is 11.8. The van der Waals surface area contributed by atoms with Crippen LogP contribution in [0.3, 0.4) is 0 Å². The van der Waals surface area contributed by atoms with E-state index in [4.69, 9.17) is 14.6 Å². The van der Waals surface area contributed by atoms with Crippen LogP contribution < -0.4 is 0 Å². The molecule has 1 aliphatic carbocycles. The van der Waals surface area contributed by atoms with E-state index in [-0.39, 0.29) is 51.4 Å². The van der Waals surface area contributed by atoms with Gasteiger partial charge in [0.05, 0.1) is 5.92 Å². The number of fused-ring (bicyclic) bond motifs is 3. The highest BCUT2D eigenvalue weighted by Crippen LogP contribution is 2.45. The summed E-state index contributed by atoms with van der Waals surface area (Å²) in [5.41, 5.74) is 3.11. The van der Waals surface area contributed by atoms with Crippen molar-refractivity contribution in [2.45, 2.75) is 70.2 Å². The molecule has 1 fully saturated rings. The van der Waals surface area contributed by atoms with E-state index >= 15 is 0 Å². The molecule has 2 aromatic rings. The molecular formula is C31H37F3N2O6. The van der Waals surface area contributed by atoms with Crippen molar-refractivity contribution < 1.29 is 42.1 Å². The third kappa shape index (κ3) is 7.35. The third-order valence-corrected chi connectivity index (χ3v) is 7.70. The van der Waals surface area contributed by atoms with Gasteiger partial charge in [-0.3, -0.25) is 4.79 Å². The second kappa shape index (κ2) is 12.6. The highest BCUT2D eigenvalue weighted by molar-refractivity contribution is 5.79. The molecular weight excluding hydrogens is 553 g/mol. The Kier molecular flexibility index (Phi) is 9.37. The number of likely N-dealkylation sites (tertiary alicyclic amines) is 1. The minimum Gasteiger partial charge on any atom is -0.481 e. The SMILES string of the molecule is CC(C)(C)OC(=O)N1CCC(N(CCCC(=O)O)C(=O)OCC2c3ccccc3-c3ccccc32)C(C(F)(F)F)CC1. The van der Waals surface area contributed by atoms with Crippen molar-refractivity contribution in [2.24, 2.45) is 5.92 Å². The lowest BCUT2D eigenvalue weighted by Gasteiger charge is -2.36. The van der Waals surface area contributed by atoms with Gasteiger partial charge in [-0.1, -0.05) is 48.5 Å². The summed E-state index contributed by atoms with van der Waals surface area (Å²) in [4.78, 5) is 39.7. The van der Waals surface area contributed by atoms with Gasteiger partial charge in [-0.25, -0.2) is 9.59 Å². The molecule has 11 heteroatoms. The van der Waals surface area contributed by atoms with Crippen LogP contribution in [-0.4, -0.2) is 77.1 Å². The molecule has 0 aromatic heterocycles. The van der Waals surface area contributed by atoms with Gasteiger partial charge in [0, 0.05) is 38.0 Å². The van der Waals surface area contributed by atoms with Gasteiger partial charge in [-0.05, 0) is 62.3 Å². The van der Waals surface area contributed by atoms with Crippen LogP contribution in [0.15, 0.2) is 48.5 Å². The summed E-state index contributed by atoms with van der Waals surface area (Å²) in [5.74, 6) is -3.35. The van der Waals surface area contributed by atoms with Crippen LogP contribution in [0, 0.1) is 5.92 Å². The van der Waals surface area contributed by atoms with Gasteiger partial charge in [0.2, 0.25) is 0 Å². The standard InChI is InChI=1S/C31H37F3N2O6/c1-30(2,3)42-28(39)35-17-14-25(31(32,33)34)26(15-18-35)36(16-8-13-27(37)38)29(40)41-19-24-22-11-6-4-9-20(22)21-10-5-7-12-23(21)24/h4-7,9-12,24-26H,8,13-19H2,1-3H3,(H,37,38). The Labute approximate surface area is 243 Å². The number of hydrogen-bond donors (Lipinski definition) is 1. The summed E-state index contributed by atoms with van der Waals surface area (Å²) in [7, 11) is 0. The first-order valence-corrected chi connectivity index (χ1v) is 14.1. The molecule has 8 nitrogen and oxygen atoms in total. The van der Waals surface area contributed by atoms with Crippen molar-refractivity contribution in [3.8, 4) is 11.1 Å². The number of nitrogens with zero attached hydrogens (tertiary/aromatic N) is 2. The fourth-order valence-electron chi connectivity index (χ4n) is 5.82. The zero-order valence-electron chi connectivity index (χ0n) is 24.0. The maximum absolute atomic E-state index is 14.4. The van der Waals surface area contributed by atoms with Gasteiger partial charge in [0.1, 0.15) is 12.2 Å². The topological polar surface area (TPSA) is 96.4 Å². The number of carboxylic acids is 1. The minimum absolute atomic E-state index is 0.0453. The molecule has 0 spiro atoms. The third-order valence-electron chi connectivity index (χ3n) is 7.70. The zero-order chi connectivity index (χ0) is 30.7. The number of alkyl halides is 3. The van der Waals surface area contributed by atoms with Gasteiger partial charge in [-0.2, -0.15) is 13.2 Å². The number of halogens is 3. The van der Waals surface area contributed by atoms with Crippen LogP contribution in [0.1, 0.15) is 63.5 Å². The van der Waals surface area contributed by atoms with Crippen molar-refractivity contribution in [3.05, 3.63) is 59.7 Å². The molecule has 2 aromatic carbocycles. The van der Waals surface area contributed by atoms with Gasteiger partial charge < -0.3 is 24.4 Å². The molecule has 2 atom stereocenters. The van der Waals surface area contributed by atoms with Gasteiger partial charge in [-0.15, -0.1) is 0 Å². The molecule has 1 saturated heterocycles. The molecule has 42 heavy (non-hydrogen) atoms. The summed E-state index contributed by atoms with van der Waals surface area (Å²) in [6, 6.07) is 14.1. The van der Waals surface area contributed by atoms with Crippen LogP contribution in [0.2, 0.25) is 0 Å². The highest BCUT2D eigenvalue weighted by atomic mass is 19.4. The van der Waals surface area contributed by atoms with Gasteiger partial charge in [0.25, 0.3) is 0 Å². The Bertz CT molecular complexity index is 1250. The molecule has 1 aliphatic heterocycles. The number of hydrogen-bond acceptors (Lipinski definition) is 5. The average Bonchev–Trinajstić information content (AvgIpc) is 3.04. The van der Waals surface area contributed by atoms with E-state index in [1.165, 1.54) is 4.90 Å². The molecule has 1 N–H and O–H groups in total. The molecule has 0 radical (unpaired) electrons. The number of carbonyl (C=O) groups is 3. The first kappa shape index (κ1) is 31.2. The number of aliphatic carboxylic acids is 1. The van der Waals surface area contributed by atoms with Crippen molar-refractivity contribution in [2.75, 3.05) is 26.2 Å². The van der Waals surface area contributed by atoms with Gasteiger partial charge >= 0.3 is 24.3 Å².